The van der Waals surface area contributed by atoms with Crippen LogP contribution in [0, 0.1) is 28.8 Å². The minimum absolute atomic E-state index is 0.0359. The lowest BCUT2D eigenvalue weighted by Crippen LogP contribution is -2.31. The van der Waals surface area contributed by atoms with Crippen molar-refractivity contribution in [2.75, 3.05) is 6.61 Å². The van der Waals surface area contributed by atoms with Crippen LogP contribution in [0.25, 0.3) is 22.3 Å². The number of carbonyl (C=O) groups is 1. The van der Waals surface area contributed by atoms with Gasteiger partial charge >= 0.3 is 5.97 Å². The molecule has 0 aliphatic carbocycles. The Morgan fingerprint density at radius 3 is 2.49 bits per heavy atom. The van der Waals surface area contributed by atoms with Crippen LogP contribution in [0.5, 0.6) is 5.88 Å². The van der Waals surface area contributed by atoms with Gasteiger partial charge in [-0.05, 0) is 60.5 Å². The molecule has 216 valence electrons. The van der Waals surface area contributed by atoms with E-state index in [1.165, 1.54) is 30.3 Å². The zero-order valence-electron chi connectivity index (χ0n) is 22.6. The molecule has 0 radical (unpaired) electrons. The van der Waals surface area contributed by atoms with Crippen LogP contribution in [0.3, 0.4) is 0 Å². The van der Waals surface area contributed by atoms with E-state index in [9.17, 15) is 18.7 Å². The number of hydrogen-bond acceptors (Lipinski definition) is 6. The van der Waals surface area contributed by atoms with E-state index < -0.39 is 23.4 Å². The van der Waals surface area contributed by atoms with Crippen molar-refractivity contribution in [3.8, 4) is 23.2 Å². The Labute approximate surface area is 243 Å². The molecule has 0 spiro atoms. The highest BCUT2D eigenvalue weighted by Crippen LogP contribution is 2.28. The Morgan fingerprint density at radius 2 is 1.79 bits per heavy atom. The summed E-state index contributed by atoms with van der Waals surface area (Å²) in [6.07, 6.45) is 0.961. The molecule has 3 aromatic carbocycles. The highest BCUT2D eigenvalue weighted by Gasteiger charge is 2.23. The summed E-state index contributed by atoms with van der Waals surface area (Å²) in [6, 6.07) is 17.4. The Hall–Kier alpha value is -5.21. The molecule has 1 unspecified atom stereocenters. The summed E-state index contributed by atoms with van der Waals surface area (Å²) in [5.41, 5.74) is 2.60. The number of rotatable bonds is 9. The van der Waals surface area contributed by atoms with E-state index in [2.05, 4.69) is 9.97 Å². The molecule has 6 rings (SSSR count). The van der Waals surface area contributed by atoms with Gasteiger partial charge in [0, 0.05) is 24.2 Å². The summed E-state index contributed by atoms with van der Waals surface area (Å²) in [5.74, 6) is -2.83. The van der Waals surface area contributed by atoms with Crippen LogP contribution < -0.4 is 4.74 Å². The summed E-state index contributed by atoms with van der Waals surface area (Å²) in [7, 11) is 0. The first kappa shape index (κ1) is 27.9. The molecule has 0 amide bonds. The summed E-state index contributed by atoms with van der Waals surface area (Å²) in [6.45, 7) is 0.794. The molecule has 1 aliphatic rings. The van der Waals surface area contributed by atoms with Gasteiger partial charge in [-0.2, -0.15) is 5.26 Å². The molecular weight excluding hydrogens is 561 g/mol. The van der Waals surface area contributed by atoms with Crippen molar-refractivity contribution in [3.05, 3.63) is 112 Å². The Balaban J connectivity index is 1.25. The number of ether oxygens (including phenoxy) is 2. The van der Waals surface area contributed by atoms with Crippen LogP contribution in [0.2, 0.25) is 0 Å². The zero-order valence-corrected chi connectivity index (χ0v) is 22.6. The number of hydrogen-bond donors (Lipinski definition) is 1. The molecular formula is C32H23F3N4O4. The van der Waals surface area contributed by atoms with Crippen LogP contribution in [-0.4, -0.2) is 38.3 Å². The lowest BCUT2D eigenvalue weighted by Gasteiger charge is -2.27. The molecule has 1 N–H and O–H groups in total. The molecule has 1 saturated heterocycles. The monoisotopic (exact) mass is 584 g/mol. The minimum Gasteiger partial charge on any atom is -0.478 e. The number of fused-ring (bicyclic) bond motifs is 1. The van der Waals surface area contributed by atoms with Gasteiger partial charge in [-0.15, -0.1) is 0 Å². The minimum atomic E-state index is -1.05. The third kappa shape index (κ3) is 5.78. The highest BCUT2D eigenvalue weighted by molar-refractivity contribution is 5.92. The summed E-state index contributed by atoms with van der Waals surface area (Å²) < 4.78 is 57.0. The lowest BCUT2D eigenvalue weighted by molar-refractivity contribution is -0.0589. The highest BCUT2D eigenvalue weighted by atomic mass is 19.1. The third-order valence-corrected chi connectivity index (χ3v) is 7.31. The number of benzene rings is 3. The average molecular weight is 585 g/mol. The van der Waals surface area contributed by atoms with Crippen molar-refractivity contribution in [1.29, 1.82) is 5.26 Å². The molecule has 5 aromatic rings. The molecule has 0 saturated carbocycles. The van der Waals surface area contributed by atoms with Crippen LogP contribution >= 0.6 is 0 Å². The molecule has 11 heteroatoms. The van der Waals surface area contributed by atoms with Crippen molar-refractivity contribution in [1.82, 2.24) is 14.5 Å². The number of aromatic nitrogens is 3. The fraction of sp³-hybridized carbons (Fsp3) is 0.188. The number of aromatic carboxylic acids is 1. The standard InChI is InChI=1S/C32H23F3N4O4/c33-24-6-8-27(38-31(24)43-17-22-2-1-18(15-36)11-25(22)34)20-4-3-19(26(35)12-20)14-30-37-28-7-5-21(32(40)41)13-29(28)39(30)16-23-9-10-42-23/h1-8,11-13,23H,9-10,14,16-17H2,(H,40,41). The van der Waals surface area contributed by atoms with E-state index >= 15 is 4.39 Å². The maximum Gasteiger partial charge on any atom is 0.335 e. The number of halogens is 3. The molecule has 43 heavy (non-hydrogen) atoms. The first-order valence-corrected chi connectivity index (χ1v) is 13.4. The van der Waals surface area contributed by atoms with Gasteiger partial charge in [-0.25, -0.2) is 27.9 Å². The van der Waals surface area contributed by atoms with Gasteiger partial charge in [0.05, 0.1) is 46.6 Å². The van der Waals surface area contributed by atoms with Gasteiger partial charge in [0.25, 0.3) is 5.88 Å². The van der Waals surface area contributed by atoms with Gasteiger partial charge < -0.3 is 19.1 Å². The Morgan fingerprint density at radius 1 is 1.00 bits per heavy atom. The van der Waals surface area contributed by atoms with E-state index in [4.69, 9.17) is 14.7 Å². The Kier molecular flexibility index (Phi) is 7.52. The van der Waals surface area contributed by atoms with Crippen molar-refractivity contribution < 1.29 is 32.5 Å². The molecule has 3 heterocycles. The molecule has 8 nitrogen and oxygen atoms in total. The molecule has 1 aliphatic heterocycles. The molecule has 2 aromatic heterocycles. The van der Waals surface area contributed by atoms with E-state index in [1.54, 1.807) is 24.3 Å². The van der Waals surface area contributed by atoms with E-state index in [1.807, 2.05) is 10.6 Å². The van der Waals surface area contributed by atoms with Crippen LogP contribution in [0.4, 0.5) is 13.2 Å². The Bertz CT molecular complexity index is 1910. The molecule has 1 fully saturated rings. The maximum atomic E-state index is 15.4. The summed E-state index contributed by atoms with van der Waals surface area (Å²) in [4.78, 5) is 20.4. The number of pyridine rings is 1. The van der Waals surface area contributed by atoms with Crippen LogP contribution in [0.15, 0.2) is 66.7 Å². The average Bonchev–Trinajstić information content (AvgIpc) is 3.31. The van der Waals surface area contributed by atoms with Crippen molar-refractivity contribution >= 4 is 17.0 Å². The third-order valence-electron chi connectivity index (χ3n) is 7.31. The number of imidazole rings is 1. The second-order valence-corrected chi connectivity index (χ2v) is 10.1. The van der Waals surface area contributed by atoms with E-state index in [0.717, 1.165) is 18.6 Å². The van der Waals surface area contributed by atoms with Gasteiger partial charge in [0.15, 0.2) is 5.82 Å². The van der Waals surface area contributed by atoms with E-state index in [-0.39, 0.29) is 47.4 Å². The second-order valence-electron chi connectivity index (χ2n) is 10.1. The largest absolute Gasteiger partial charge is 0.478 e. The first-order chi connectivity index (χ1) is 20.8. The quantitative estimate of drug-likeness (QED) is 0.225. The SMILES string of the molecule is N#Cc1ccc(COc2nc(-c3ccc(Cc4nc5ccc(C(=O)O)cc5n4CC4CCO4)c(F)c3)ccc2F)c(F)c1. The predicted molar refractivity (Wildman–Crippen MR) is 149 cm³/mol. The fourth-order valence-electron chi connectivity index (χ4n) is 4.86. The topological polar surface area (TPSA) is 110 Å². The molecule has 0 bridgehead atoms. The second kappa shape index (κ2) is 11.6. The van der Waals surface area contributed by atoms with Crippen molar-refractivity contribution in [2.45, 2.75) is 32.1 Å². The van der Waals surface area contributed by atoms with Crippen molar-refractivity contribution in [3.63, 3.8) is 0 Å². The van der Waals surface area contributed by atoms with Gasteiger partial charge in [0.1, 0.15) is 24.1 Å². The van der Waals surface area contributed by atoms with Gasteiger partial charge in [-0.1, -0.05) is 18.2 Å². The lowest BCUT2D eigenvalue weighted by atomic mass is 10.0. The smallest absolute Gasteiger partial charge is 0.335 e. The number of carboxylic acids is 1. The van der Waals surface area contributed by atoms with Crippen molar-refractivity contribution in [2.24, 2.45) is 0 Å². The zero-order chi connectivity index (χ0) is 30.1. The number of carboxylic acid groups (broad SMARTS) is 1. The van der Waals surface area contributed by atoms with Gasteiger partial charge in [0.2, 0.25) is 0 Å². The van der Waals surface area contributed by atoms with Gasteiger partial charge in [-0.3, -0.25) is 0 Å². The maximum absolute atomic E-state index is 15.4. The van der Waals surface area contributed by atoms with Crippen LogP contribution in [0.1, 0.15) is 39.3 Å². The number of nitriles is 1. The summed E-state index contributed by atoms with van der Waals surface area (Å²) >= 11 is 0. The molecule has 1 atom stereocenters. The predicted octanol–water partition coefficient (Wildman–Crippen LogP) is 6.04. The van der Waals surface area contributed by atoms with E-state index in [0.29, 0.717) is 41.1 Å². The van der Waals surface area contributed by atoms with Crippen LogP contribution in [-0.2, 0) is 24.3 Å². The normalized spacial score (nSPS) is 14.3. The first-order valence-electron chi connectivity index (χ1n) is 13.4. The fourth-order valence-corrected chi connectivity index (χ4v) is 4.86. The summed E-state index contributed by atoms with van der Waals surface area (Å²) in [5, 5.41) is 18.3. The number of nitrogens with zero attached hydrogens (tertiary/aromatic N) is 4.